The van der Waals surface area contributed by atoms with Gasteiger partial charge in [-0.2, -0.15) is 0 Å². The third kappa shape index (κ3) is 4.49. The molecule has 4 aliphatic rings. The van der Waals surface area contributed by atoms with E-state index in [1.165, 1.54) is 12.0 Å². The van der Waals surface area contributed by atoms with Crippen molar-refractivity contribution in [2.24, 2.45) is 0 Å². The lowest BCUT2D eigenvalue weighted by atomic mass is 9.88. The SMILES string of the molecule is O=C(NC1CCC1)c1cccc(CN2C(=O)N(c3ccc(C4CNNC4)cc3)CC23CCOCC3)c1. The molecule has 3 N–H and O–H groups in total. The third-order valence-electron chi connectivity index (χ3n) is 8.38. The molecule has 6 rings (SSSR count). The second-order valence-electron chi connectivity index (χ2n) is 10.6. The number of hydrogen-bond donors (Lipinski definition) is 3. The summed E-state index contributed by atoms with van der Waals surface area (Å²) in [7, 11) is 0. The molecule has 0 atom stereocenters. The molecule has 8 heteroatoms. The van der Waals surface area contributed by atoms with E-state index >= 15 is 0 Å². The van der Waals surface area contributed by atoms with Crippen molar-refractivity contribution in [2.45, 2.75) is 56.1 Å². The van der Waals surface area contributed by atoms with E-state index < -0.39 is 0 Å². The zero-order valence-corrected chi connectivity index (χ0v) is 20.7. The van der Waals surface area contributed by atoms with Crippen LogP contribution < -0.4 is 21.1 Å². The highest BCUT2D eigenvalue weighted by Gasteiger charge is 2.50. The molecule has 2 aromatic carbocycles. The van der Waals surface area contributed by atoms with Crippen LogP contribution in [0.4, 0.5) is 10.5 Å². The first-order valence-electron chi connectivity index (χ1n) is 13.2. The zero-order valence-electron chi connectivity index (χ0n) is 20.7. The number of anilines is 1. The van der Waals surface area contributed by atoms with Gasteiger partial charge in [-0.1, -0.05) is 24.3 Å². The predicted molar refractivity (Wildman–Crippen MR) is 138 cm³/mol. The van der Waals surface area contributed by atoms with Crippen LogP contribution >= 0.6 is 0 Å². The molecule has 3 amide bonds. The molecular formula is C28H35N5O3. The van der Waals surface area contributed by atoms with Gasteiger partial charge in [0.15, 0.2) is 0 Å². The van der Waals surface area contributed by atoms with Crippen LogP contribution in [0.1, 0.15) is 59.5 Å². The molecule has 0 bridgehead atoms. The summed E-state index contributed by atoms with van der Waals surface area (Å²) in [5.74, 6) is 0.421. The quantitative estimate of drug-likeness (QED) is 0.581. The fourth-order valence-electron chi connectivity index (χ4n) is 5.85. The fraction of sp³-hybridized carbons (Fsp3) is 0.500. The second kappa shape index (κ2) is 9.84. The average Bonchev–Trinajstić information content (AvgIpc) is 3.51. The molecular weight excluding hydrogens is 454 g/mol. The third-order valence-corrected chi connectivity index (χ3v) is 8.38. The molecule has 8 nitrogen and oxygen atoms in total. The van der Waals surface area contributed by atoms with Crippen molar-refractivity contribution >= 4 is 17.6 Å². The zero-order chi connectivity index (χ0) is 24.5. The largest absolute Gasteiger partial charge is 0.381 e. The maximum Gasteiger partial charge on any atom is 0.325 e. The van der Waals surface area contributed by atoms with E-state index in [9.17, 15) is 9.59 Å². The van der Waals surface area contributed by atoms with Crippen molar-refractivity contribution in [1.29, 1.82) is 0 Å². The Bertz CT molecular complexity index is 1100. The average molecular weight is 490 g/mol. The van der Waals surface area contributed by atoms with Crippen LogP contribution in [0.2, 0.25) is 0 Å². The lowest BCUT2D eigenvalue weighted by molar-refractivity contribution is 0.00611. The van der Waals surface area contributed by atoms with Gasteiger partial charge in [-0.25, -0.2) is 4.79 Å². The first-order chi connectivity index (χ1) is 17.6. The number of nitrogens with zero attached hydrogens (tertiary/aromatic N) is 2. The van der Waals surface area contributed by atoms with E-state index in [0.717, 1.165) is 50.0 Å². The number of amides is 3. The van der Waals surface area contributed by atoms with Crippen molar-refractivity contribution in [1.82, 2.24) is 21.1 Å². The van der Waals surface area contributed by atoms with Gasteiger partial charge in [0.05, 0.1) is 12.1 Å². The number of carbonyl (C=O) groups excluding carboxylic acids is 2. The van der Waals surface area contributed by atoms with E-state index in [-0.39, 0.29) is 17.5 Å². The van der Waals surface area contributed by atoms with Gasteiger partial charge < -0.3 is 15.0 Å². The van der Waals surface area contributed by atoms with Crippen molar-refractivity contribution in [3.05, 3.63) is 65.2 Å². The molecule has 3 heterocycles. The van der Waals surface area contributed by atoms with Crippen molar-refractivity contribution in [3.8, 4) is 0 Å². The van der Waals surface area contributed by atoms with Gasteiger partial charge >= 0.3 is 6.03 Å². The number of benzene rings is 2. The Kier molecular flexibility index (Phi) is 6.41. The Morgan fingerprint density at radius 3 is 2.50 bits per heavy atom. The summed E-state index contributed by atoms with van der Waals surface area (Å²) in [6, 6.07) is 16.5. The molecule has 36 heavy (non-hydrogen) atoms. The van der Waals surface area contributed by atoms with E-state index in [0.29, 0.717) is 43.8 Å². The number of rotatable bonds is 6. The molecule has 0 aromatic heterocycles. The van der Waals surface area contributed by atoms with Gasteiger partial charge in [0, 0.05) is 56.1 Å². The molecule has 1 aliphatic carbocycles. The molecule has 3 aliphatic heterocycles. The summed E-state index contributed by atoms with van der Waals surface area (Å²) in [4.78, 5) is 30.5. The molecule has 1 spiro atoms. The lowest BCUT2D eigenvalue weighted by Gasteiger charge is -2.40. The minimum atomic E-state index is -0.266. The van der Waals surface area contributed by atoms with Crippen LogP contribution in [0, 0.1) is 0 Å². The van der Waals surface area contributed by atoms with Crippen molar-refractivity contribution < 1.29 is 14.3 Å². The fourth-order valence-corrected chi connectivity index (χ4v) is 5.85. The molecule has 4 fully saturated rings. The maximum absolute atomic E-state index is 13.8. The number of nitrogens with one attached hydrogen (secondary N) is 3. The maximum atomic E-state index is 13.8. The highest BCUT2D eigenvalue weighted by Crippen LogP contribution is 2.39. The number of hydrogen-bond acceptors (Lipinski definition) is 5. The monoisotopic (exact) mass is 489 g/mol. The van der Waals surface area contributed by atoms with Crippen LogP contribution in [0.3, 0.4) is 0 Å². The van der Waals surface area contributed by atoms with Crippen LogP contribution in [-0.2, 0) is 11.3 Å². The van der Waals surface area contributed by atoms with Gasteiger partial charge in [0.2, 0.25) is 0 Å². The first kappa shape index (κ1) is 23.5. The predicted octanol–water partition coefficient (Wildman–Crippen LogP) is 3.15. The smallest absolute Gasteiger partial charge is 0.325 e. The number of ether oxygens (including phenoxy) is 1. The van der Waals surface area contributed by atoms with Gasteiger partial charge in [-0.15, -0.1) is 0 Å². The van der Waals surface area contributed by atoms with E-state index in [2.05, 4.69) is 40.4 Å². The van der Waals surface area contributed by atoms with Crippen molar-refractivity contribution in [3.63, 3.8) is 0 Å². The minimum absolute atomic E-state index is 0.0237. The Balaban J connectivity index is 1.22. The van der Waals surface area contributed by atoms with E-state index in [1.807, 2.05) is 34.1 Å². The van der Waals surface area contributed by atoms with E-state index in [4.69, 9.17) is 4.74 Å². The summed E-state index contributed by atoms with van der Waals surface area (Å²) < 4.78 is 5.69. The highest BCUT2D eigenvalue weighted by molar-refractivity contribution is 5.96. The van der Waals surface area contributed by atoms with Gasteiger partial charge in [0.1, 0.15) is 0 Å². The minimum Gasteiger partial charge on any atom is -0.381 e. The van der Waals surface area contributed by atoms with Gasteiger partial charge in [-0.3, -0.25) is 20.5 Å². The topological polar surface area (TPSA) is 85.9 Å². The Labute approximate surface area is 212 Å². The molecule has 0 radical (unpaired) electrons. The van der Waals surface area contributed by atoms with Crippen LogP contribution in [0.25, 0.3) is 0 Å². The van der Waals surface area contributed by atoms with Crippen LogP contribution in [0.5, 0.6) is 0 Å². The number of carbonyl (C=O) groups is 2. The molecule has 2 aromatic rings. The molecule has 190 valence electrons. The number of hydrazine groups is 1. The second-order valence-corrected chi connectivity index (χ2v) is 10.6. The molecule has 0 unspecified atom stereocenters. The molecule has 1 saturated carbocycles. The standard InChI is InChI=1S/C28H35N5O3/c34-26(31-24-5-2-6-24)22-4-1-3-20(15-22)18-33-27(35)32(19-28(33)11-13-36-14-12-28)25-9-7-21(8-10-25)23-16-29-30-17-23/h1,3-4,7-10,15,23-24,29-30H,2,5-6,11-14,16-19H2,(H,31,34). The summed E-state index contributed by atoms with van der Waals surface area (Å²) in [5.41, 5.74) is 9.95. The Morgan fingerprint density at radius 2 is 1.81 bits per heavy atom. The Hall–Kier alpha value is -2.94. The number of urea groups is 1. The van der Waals surface area contributed by atoms with E-state index in [1.54, 1.807) is 0 Å². The summed E-state index contributed by atoms with van der Waals surface area (Å²) in [6.07, 6.45) is 4.93. The normalized spacial score (nSPS) is 22.3. The lowest BCUT2D eigenvalue weighted by Crippen LogP contribution is -2.50. The van der Waals surface area contributed by atoms with Crippen molar-refractivity contribution in [2.75, 3.05) is 37.7 Å². The molecule has 3 saturated heterocycles. The summed E-state index contributed by atoms with van der Waals surface area (Å²) >= 11 is 0. The van der Waals surface area contributed by atoms with Gasteiger partial charge in [-0.05, 0) is 67.5 Å². The Morgan fingerprint density at radius 1 is 1.06 bits per heavy atom. The highest BCUT2D eigenvalue weighted by atomic mass is 16.5. The van der Waals surface area contributed by atoms with Crippen LogP contribution in [0.15, 0.2) is 48.5 Å². The van der Waals surface area contributed by atoms with Crippen LogP contribution in [-0.4, -0.2) is 61.3 Å². The summed E-state index contributed by atoms with van der Waals surface area (Å²) in [6.45, 7) is 4.28. The first-order valence-corrected chi connectivity index (χ1v) is 13.2. The summed E-state index contributed by atoms with van der Waals surface area (Å²) in [5, 5.41) is 3.12. The van der Waals surface area contributed by atoms with Gasteiger partial charge in [0.25, 0.3) is 5.91 Å².